The van der Waals surface area contributed by atoms with Crippen LogP contribution in [0.3, 0.4) is 0 Å². The summed E-state index contributed by atoms with van der Waals surface area (Å²) < 4.78 is 28.0. The summed E-state index contributed by atoms with van der Waals surface area (Å²) in [7, 11) is -2.03. The van der Waals surface area contributed by atoms with Gasteiger partial charge in [-0.25, -0.2) is 13.4 Å². The highest BCUT2D eigenvalue weighted by atomic mass is 32.2. The van der Waals surface area contributed by atoms with Crippen LogP contribution in [0.15, 0.2) is 17.6 Å². The minimum Gasteiger partial charge on any atom is -0.481 e. The maximum atomic E-state index is 12.6. The monoisotopic (exact) mass is 315 g/mol. The number of hydrogen-bond donors (Lipinski definition) is 1. The highest BCUT2D eigenvalue weighted by molar-refractivity contribution is 7.89. The predicted molar refractivity (Wildman–Crippen MR) is 76.2 cm³/mol. The van der Waals surface area contributed by atoms with Crippen LogP contribution in [0.25, 0.3) is 0 Å². The lowest BCUT2D eigenvalue weighted by molar-refractivity contribution is -0.151. The van der Waals surface area contributed by atoms with E-state index in [1.165, 1.54) is 16.8 Å². The van der Waals surface area contributed by atoms with Crippen molar-refractivity contribution in [1.29, 1.82) is 0 Å². The fourth-order valence-corrected chi connectivity index (χ4v) is 4.44. The zero-order chi connectivity index (χ0) is 15.7. The van der Waals surface area contributed by atoms with Crippen LogP contribution in [0.2, 0.25) is 0 Å². The van der Waals surface area contributed by atoms with Crippen LogP contribution in [-0.2, 0) is 21.9 Å². The van der Waals surface area contributed by atoms with Crippen LogP contribution < -0.4 is 0 Å². The topological polar surface area (TPSA) is 92.5 Å². The molecular weight excluding hydrogens is 294 g/mol. The molecule has 21 heavy (non-hydrogen) atoms. The number of aromatic nitrogens is 2. The average molecular weight is 315 g/mol. The third kappa shape index (κ3) is 2.96. The molecule has 2 rings (SSSR count). The molecule has 0 aromatic carbocycles. The molecule has 1 fully saturated rings. The highest BCUT2D eigenvalue weighted by Gasteiger charge is 2.45. The van der Waals surface area contributed by atoms with Crippen LogP contribution in [0, 0.1) is 5.41 Å². The van der Waals surface area contributed by atoms with E-state index in [1.807, 2.05) is 6.92 Å². The molecule has 0 bridgehead atoms. The van der Waals surface area contributed by atoms with Gasteiger partial charge in [-0.15, -0.1) is 0 Å². The van der Waals surface area contributed by atoms with Crippen molar-refractivity contribution in [3.8, 4) is 0 Å². The van der Waals surface area contributed by atoms with Crippen molar-refractivity contribution in [3.05, 3.63) is 12.5 Å². The minimum atomic E-state index is -3.73. The summed E-state index contributed by atoms with van der Waals surface area (Å²) in [6, 6.07) is 0. The van der Waals surface area contributed by atoms with E-state index in [4.69, 9.17) is 0 Å². The molecule has 8 heteroatoms. The molecule has 118 valence electrons. The second-order valence-electron chi connectivity index (χ2n) is 5.66. The average Bonchev–Trinajstić information content (AvgIpc) is 2.86. The highest BCUT2D eigenvalue weighted by Crippen LogP contribution is 2.36. The summed E-state index contributed by atoms with van der Waals surface area (Å²) in [5, 5.41) is 9.51. The number of piperidine rings is 1. The van der Waals surface area contributed by atoms with Crippen molar-refractivity contribution < 1.29 is 18.3 Å². The van der Waals surface area contributed by atoms with E-state index in [9.17, 15) is 18.3 Å². The van der Waals surface area contributed by atoms with Crippen molar-refractivity contribution in [2.75, 3.05) is 13.1 Å². The van der Waals surface area contributed by atoms with Crippen molar-refractivity contribution in [1.82, 2.24) is 13.9 Å². The lowest BCUT2D eigenvalue weighted by atomic mass is 9.77. The van der Waals surface area contributed by atoms with Gasteiger partial charge < -0.3 is 9.67 Å². The minimum absolute atomic E-state index is 0.0229. The number of carboxylic acids is 1. The molecule has 0 aliphatic carbocycles. The summed E-state index contributed by atoms with van der Waals surface area (Å²) in [4.78, 5) is 15.5. The van der Waals surface area contributed by atoms with Gasteiger partial charge in [0.2, 0.25) is 0 Å². The molecule has 1 saturated heterocycles. The maximum absolute atomic E-state index is 12.6. The summed E-state index contributed by atoms with van der Waals surface area (Å²) in [5.74, 6) is -0.912. The summed E-state index contributed by atoms with van der Waals surface area (Å²) >= 11 is 0. The van der Waals surface area contributed by atoms with Gasteiger partial charge in [-0.2, -0.15) is 4.31 Å². The fraction of sp³-hybridized carbons (Fsp3) is 0.692. The van der Waals surface area contributed by atoms with Gasteiger partial charge in [0.05, 0.1) is 11.7 Å². The maximum Gasteiger partial charge on any atom is 0.310 e. The van der Waals surface area contributed by atoms with Gasteiger partial charge in [-0.1, -0.05) is 13.3 Å². The Hall–Kier alpha value is -1.41. The van der Waals surface area contributed by atoms with Gasteiger partial charge >= 0.3 is 5.97 Å². The van der Waals surface area contributed by atoms with Gasteiger partial charge in [0.25, 0.3) is 10.0 Å². The summed E-state index contributed by atoms with van der Waals surface area (Å²) in [6.45, 7) is 2.28. The SMILES string of the molecule is CCC[C@@]1(C(=O)O)CCCN(S(=O)(=O)c2cn(C)cn2)C1. The van der Waals surface area contributed by atoms with Gasteiger partial charge in [0, 0.05) is 26.3 Å². The molecule has 0 unspecified atom stereocenters. The Kier molecular flexibility index (Phi) is 4.38. The Morgan fingerprint density at radius 2 is 2.24 bits per heavy atom. The Morgan fingerprint density at radius 3 is 2.76 bits per heavy atom. The Bertz CT molecular complexity index is 621. The van der Waals surface area contributed by atoms with E-state index in [2.05, 4.69) is 4.98 Å². The van der Waals surface area contributed by atoms with E-state index in [0.717, 1.165) is 0 Å². The standard InChI is InChI=1S/C13H21N3O4S/c1-3-5-13(12(17)18)6-4-7-16(9-13)21(19,20)11-8-15(2)10-14-11/h8,10H,3-7,9H2,1-2H3,(H,17,18)/t13-/m1/s1. The Labute approximate surface area is 124 Å². The molecule has 0 saturated carbocycles. The van der Waals surface area contributed by atoms with Crippen molar-refractivity contribution in [2.24, 2.45) is 12.5 Å². The van der Waals surface area contributed by atoms with Crippen LogP contribution in [0.4, 0.5) is 0 Å². The number of aliphatic carboxylic acids is 1. The van der Waals surface area contributed by atoms with E-state index in [1.54, 1.807) is 11.6 Å². The summed E-state index contributed by atoms with van der Waals surface area (Å²) in [5.41, 5.74) is -0.977. The van der Waals surface area contributed by atoms with Crippen LogP contribution in [-0.4, -0.2) is 46.4 Å². The number of aryl methyl sites for hydroxylation is 1. The molecule has 1 N–H and O–H groups in total. The van der Waals surface area contributed by atoms with Crippen molar-refractivity contribution >= 4 is 16.0 Å². The molecule has 1 aromatic heterocycles. The number of imidazole rings is 1. The first-order chi connectivity index (χ1) is 9.82. The van der Waals surface area contributed by atoms with E-state index >= 15 is 0 Å². The number of sulfonamides is 1. The smallest absolute Gasteiger partial charge is 0.310 e. The molecular formula is C13H21N3O4S. The van der Waals surface area contributed by atoms with Crippen LogP contribution in [0.5, 0.6) is 0 Å². The van der Waals surface area contributed by atoms with Crippen LogP contribution >= 0.6 is 0 Å². The molecule has 1 aromatic rings. The third-order valence-electron chi connectivity index (χ3n) is 4.01. The Morgan fingerprint density at radius 1 is 1.52 bits per heavy atom. The summed E-state index contributed by atoms with van der Waals surface area (Å²) in [6.07, 6.45) is 5.13. The molecule has 1 atom stereocenters. The first-order valence-electron chi connectivity index (χ1n) is 7.03. The van der Waals surface area contributed by atoms with Crippen molar-refractivity contribution in [2.45, 2.75) is 37.6 Å². The number of rotatable bonds is 5. The molecule has 7 nitrogen and oxygen atoms in total. The van der Waals surface area contributed by atoms with Crippen molar-refractivity contribution in [3.63, 3.8) is 0 Å². The molecule has 1 aliphatic heterocycles. The zero-order valence-corrected chi connectivity index (χ0v) is 13.1. The van der Waals surface area contributed by atoms with E-state index in [0.29, 0.717) is 32.2 Å². The Balaban J connectivity index is 2.30. The van der Waals surface area contributed by atoms with E-state index < -0.39 is 21.4 Å². The molecule has 2 heterocycles. The van der Waals surface area contributed by atoms with Gasteiger partial charge in [-0.3, -0.25) is 4.79 Å². The van der Waals surface area contributed by atoms with E-state index in [-0.39, 0.29) is 11.6 Å². The number of hydrogen-bond acceptors (Lipinski definition) is 4. The second kappa shape index (κ2) is 5.76. The lowest BCUT2D eigenvalue weighted by Crippen LogP contribution is -2.49. The quantitative estimate of drug-likeness (QED) is 0.877. The van der Waals surface area contributed by atoms with Crippen LogP contribution in [0.1, 0.15) is 32.6 Å². The molecule has 0 radical (unpaired) electrons. The third-order valence-corrected chi connectivity index (χ3v) is 5.74. The van der Waals surface area contributed by atoms with Gasteiger partial charge in [0.1, 0.15) is 0 Å². The molecule has 1 aliphatic rings. The largest absolute Gasteiger partial charge is 0.481 e. The number of carbonyl (C=O) groups is 1. The molecule has 0 amide bonds. The first-order valence-corrected chi connectivity index (χ1v) is 8.47. The molecule has 0 spiro atoms. The lowest BCUT2D eigenvalue weighted by Gasteiger charge is -2.38. The predicted octanol–water partition coefficient (Wildman–Crippen LogP) is 1.08. The number of nitrogens with zero attached hydrogens (tertiary/aromatic N) is 3. The number of carboxylic acid groups (broad SMARTS) is 1. The fourth-order valence-electron chi connectivity index (χ4n) is 2.91. The van der Waals surface area contributed by atoms with Gasteiger partial charge in [-0.05, 0) is 19.3 Å². The first kappa shape index (κ1) is 16.0. The zero-order valence-electron chi connectivity index (χ0n) is 12.3. The second-order valence-corrected chi connectivity index (χ2v) is 7.54. The van der Waals surface area contributed by atoms with Gasteiger partial charge in [0.15, 0.2) is 5.03 Å². The normalized spacial score (nSPS) is 24.1.